The Morgan fingerprint density at radius 1 is 0.815 bits per heavy atom. The summed E-state index contributed by atoms with van der Waals surface area (Å²) in [6.45, 7) is 0. The maximum absolute atomic E-state index is 12.4. The molecule has 0 saturated heterocycles. The van der Waals surface area contributed by atoms with Gasteiger partial charge < -0.3 is 5.11 Å². The summed E-state index contributed by atoms with van der Waals surface area (Å²) in [7, 11) is 0. The molecule has 0 bridgehead atoms. The number of carboxylic acids is 1. The predicted octanol–water partition coefficient (Wildman–Crippen LogP) is 2.19. The monoisotopic (exact) mass is 361 g/mol. The maximum atomic E-state index is 12.4. The van der Waals surface area contributed by atoms with Crippen LogP contribution >= 0.6 is 0 Å². The van der Waals surface area contributed by atoms with Crippen molar-refractivity contribution < 1.29 is 14.7 Å². The van der Waals surface area contributed by atoms with Gasteiger partial charge in [0.05, 0.1) is 11.1 Å². The molecule has 1 amide bonds. The number of hydrogen-bond donors (Lipinski definition) is 3. The van der Waals surface area contributed by atoms with Gasteiger partial charge in [0.2, 0.25) is 0 Å². The third-order valence-electron chi connectivity index (χ3n) is 3.48. The number of nitrogens with zero attached hydrogens (tertiary/aromatic N) is 3. The molecule has 0 spiro atoms. The second-order valence-electron chi connectivity index (χ2n) is 5.29. The van der Waals surface area contributed by atoms with E-state index in [2.05, 4.69) is 25.8 Å². The fraction of sp³-hybridized carbons (Fsp3) is 0. The van der Waals surface area contributed by atoms with Gasteiger partial charge in [0, 0.05) is 12.4 Å². The lowest BCUT2D eigenvalue weighted by Gasteiger charge is -2.12. The highest BCUT2D eigenvalue weighted by Gasteiger charge is 2.16. The molecule has 1 aromatic carbocycles. The normalized spacial score (nSPS) is 10.9. The lowest BCUT2D eigenvalue weighted by Crippen LogP contribution is -2.42. The Hall–Kier alpha value is -4.07. The van der Waals surface area contributed by atoms with Gasteiger partial charge in [-0.05, 0) is 36.4 Å². The number of rotatable bonds is 4. The number of aromatic carboxylic acids is 1. The largest absolute Gasteiger partial charge is 0.478 e. The fourth-order valence-corrected chi connectivity index (χ4v) is 2.24. The number of hydrogen-bond acceptors (Lipinski definition) is 5. The van der Waals surface area contributed by atoms with Crippen molar-refractivity contribution in [2.75, 3.05) is 0 Å². The van der Waals surface area contributed by atoms with Crippen LogP contribution in [0.3, 0.4) is 0 Å². The van der Waals surface area contributed by atoms with E-state index in [1.807, 2.05) is 0 Å². The summed E-state index contributed by atoms with van der Waals surface area (Å²) in [5.41, 5.74) is 5.57. The van der Waals surface area contributed by atoms with Crippen LogP contribution in [0.4, 0.5) is 5.82 Å². The van der Waals surface area contributed by atoms with Crippen LogP contribution in [0.1, 0.15) is 26.4 Å². The van der Waals surface area contributed by atoms with Crippen molar-refractivity contribution in [3.05, 3.63) is 89.9 Å². The van der Waals surface area contributed by atoms with Gasteiger partial charge >= 0.3 is 5.97 Å². The number of pyridine rings is 2. The molecule has 0 aliphatic heterocycles. The van der Waals surface area contributed by atoms with E-state index in [9.17, 15) is 14.7 Å². The van der Waals surface area contributed by atoms with Crippen LogP contribution in [0.2, 0.25) is 0 Å². The Bertz CT molecular complexity index is 975. The number of carbonyl (C=O) groups excluding carboxylic acids is 1. The Kier molecular flexibility index (Phi) is 5.48. The van der Waals surface area contributed by atoms with E-state index in [0.29, 0.717) is 11.5 Å². The van der Waals surface area contributed by atoms with Crippen LogP contribution in [-0.4, -0.2) is 32.8 Å². The Morgan fingerprint density at radius 3 is 2.11 bits per heavy atom. The summed E-state index contributed by atoms with van der Waals surface area (Å²) < 4.78 is 0. The smallest absolute Gasteiger partial charge is 0.336 e. The standard InChI is InChI=1S/C19H15N5O3/c25-18(13-7-1-2-8-14(13)19(26)27)24-23-17(15-9-3-5-11-20-15)22-16-10-4-6-12-21-16/h1-12H,(H,24,25)(H,26,27)(H,21,22,23). The number of carbonyl (C=O) groups is 2. The van der Waals surface area contributed by atoms with E-state index in [1.54, 1.807) is 60.9 Å². The highest BCUT2D eigenvalue weighted by Crippen LogP contribution is 2.09. The Labute approximate surface area is 154 Å². The van der Waals surface area contributed by atoms with E-state index in [0.717, 1.165) is 0 Å². The number of hydrazine groups is 1. The van der Waals surface area contributed by atoms with Gasteiger partial charge in [-0.3, -0.25) is 20.6 Å². The molecule has 2 heterocycles. The predicted molar refractivity (Wildman–Crippen MR) is 98.7 cm³/mol. The SMILES string of the molecule is O=C(O)c1ccccc1C(=O)NN/C(=N\c1ccccn1)c1ccccn1. The molecule has 3 aromatic rings. The number of aromatic nitrogens is 2. The highest BCUT2D eigenvalue weighted by molar-refractivity contribution is 6.06. The van der Waals surface area contributed by atoms with Gasteiger partial charge in [-0.25, -0.2) is 14.8 Å². The van der Waals surface area contributed by atoms with Gasteiger partial charge in [0.1, 0.15) is 5.69 Å². The number of amides is 1. The summed E-state index contributed by atoms with van der Waals surface area (Å²) in [4.78, 5) is 36.4. The summed E-state index contributed by atoms with van der Waals surface area (Å²) in [5, 5.41) is 9.22. The average Bonchev–Trinajstić information content (AvgIpc) is 2.72. The first-order chi connectivity index (χ1) is 13.1. The number of amidine groups is 1. The van der Waals surface area contributed by atoms with E-state index in [-0.39, 0.29) is 17.0 Å². The molecule has 27 heavy (non-hydrogen) atoms. The second kappa shape index (κ2) is 8.34. The van der Waals surface area contributed by atoms with Gasteiger partial charge in [0.25, 0.3) is 5.91 Å². The fourth-order valence-electron chi connectivity index (χ4n) is 2.24. The van der Waals surface area contributed by atoms with E-state index in [1.165, 1.54) is 12.1 Å². The topological polar surface area (TPSA) is 117 Å². The van der Waals surface area contributed by atoms with Crippen LogP contribution in [0.5, 0.6) is 0 Å². The zero-order valence-electron chi connectivity index (χ0n) is 14.0. The molecule has 3 N–H and O–H groups in total. The minimum absolute atomic E-state index is 0.0238. The van der Waals surface area contributed by atoms with Crippen LogP contribution < -0.4 is 10.9 Å². The van der Waals surface area contributed by atoms with Crippen molar-refractivity contribution in [2.45, 2.75) is 0 Å². The number of benzene rings is 1. The van der Waals surface area contributed by atoms with E-state index >= 15 is 0 Å². The Morgan fingerprint density at radius 2 is 1.48 bits per heavy atom. The maximum Gasteiger partial charge on any atom is 0.336 e. The first kappa shape index (κ1) is 17.7. The molecule has 8 nitrogen and oxygen atoms in total. The average molecular weight is 361 g/mol. The highest BCUT2D eigenvalue weighted by atomic mass is 16.4. The van der Waals surface area contributed by atoms with Crippen molar-refractivity contribution >= 4 is 23.5 Å². The van der Waals surface area contributed by atoms with Crippen LogP contribution in [0, 0.1) is 0 Å². The second-order valence-corrected chi connectivity index (χ2v) is 5.29. The quantitative estimate of drug-likeness (QED) is 0.373. The van der Waals surface area contributed by atoms with Gasteiger partial charge in [-0.2, -0.15) is 0 Å². The third kappa shape index (κ3) is 4.51. The van der Waals surface area contributed by atoms with Crippen molar-refractivity contribution in [1.82, 2.24) is 20.8 Å². The molecular weight excluding hydrogens is 346 g/mol. The van der Waals surface area contributed by atoms with Crippen molar-refractivity contribution in [3.63, 3.8) is 0 Å². The van der Waals surface area contributed by atoms with Gasteiger partial charge in [-0.1, -0.05) is 24.3 Å². The molecule has 0 aliphatic carbocycles. The van der Waals surface area contributed by atoms with Crippen molar-refractivity contribution in [3.8, 4) is 0 Å². The minimum atomic E-state index is -1.19. The van der Waals surface area contributed by atoms with E-state index < -0.39 is 11.9 Å². The molecule has 0 radical (unpaired) electrons. The van der Waals surface area contributed by atoms with Crippen molar-refractivity contribution in [2.24, 2.45) is 4.99 Å². The van der Waals surface area contributed by atoms with Crippen LogP contribution in [-0.2, 0) is 0 Å². The van der Waals surface area contributed by atoms with Crippen LogP contribution in [0.15, 0.2) is 78.0 Å². The Balaban J connectivity index is 1.85. The lowest BCUT2D eigenvalue weighted by atomic mass is 10.1. The summed E-state index contributed by atoms with van der Waals surface area (Å²) in [5.74, 6) is -1.12. The molecular formula is C19H15N5O3. The molecule has 8 heteroatoms. The zero-order chi connectivity index (χ0) is 19.1. The number of aliphatic imine (C=N–C) groups is 1. The van der Waals surface area contributed by atoms with Crippen molar-refractivity contribution in [1.29, 1.82) is 0 Å². The van der Waals surface area contributed by atoms with E-state index in [4.69, 9.17) is 0 Å². The lowest BCUT2D eigenvalue weighted by molar-refractivity contribution is 0.0690. The molecule has 0 unspecified atom stereocenters. The van der Waals surface area contributed by atoms with Crippen LogP contribution in [0.25, 0.3) is 0 Å². The molecule has 134 valence electrons. The number of nitrogens with one attached hydrogen (secondary N) is 2. The molecule has 0 aliphatic rings. The summed E-state index contributed by atoms with van der Waals surface area (Å²) in [6, 6.07) is 16.4. The molecule has 0 fully saturated rings. The molecule has 2 aromatic heterocycles. The van der Waals surface area contributed by atoms with Gasteiger partial charge in [0.15, 0.2) is 11.7 Å². The minimum Gasteiger partial charge on any atom is -0.478 e. The van der Waals surface area contributed by atoms with Gasteiger partial charge in [-0.15, -0.1) is 0 Å². The first-order valence-corrected chi connectivity index (χ1v) is 7.95. The third-order valence-corrected chi connectivity index (χ3v) is 3.48. The number of carboxylic acid groups (broad SMARTS) is 1. The first-order valence-electron chi connectivity index (χ1n) is 7.95. The molecule has 0 atom stereocenters. The summed E-state index contributed by atoms with van der Waals surface area (Å²) >= 11 is 0. The zero-order valence-corrected chi connectivity index (χ0v) is 14.0. The molecule has 0 saturated carbocycles. The molecule has 3 rings (SSSR count). The summed E-state index contributed by atoms with van der Waals surface area (Å²) in [6.07, 6.45) is 3.18.